The van der Waals surface area contributed by atoms with Crippen LogP contribution in [0, 0.1) is 0 Å². The second-order valence-corrected chi connectivity index (χ2v) is 2.86. The van der Waals surface area contributed by atoms with Gasteiger partial charge in [0.25, 0.3) is 0 Å². The molecule has 0 aromatic carbocycles. The van der Waals surface area contributed by atoms with Gasteiger partial charge in [0.15, 0.2) is 0 Å². The Morgan fingerprint density at radius 1 is 1.64 bits per heavy atom. The average Bonchev–Trinajstić information content (AvgIpc) is 2.62. The predicted octanol–water partition coefficient (Wildman–Crippen LogP) is 1.07. The van der Waals surface area contributed by atoms with Gasteiger partial charge in [-0.3, -0.25) is 0 Å². The van der Waals surface area contributed by atoms with Gasteiger partial charge < -0.3 is 10.4 Å². The smallest absolute Gasteiger partial charge is 0.339 e. The fourth-order valence-electron chi connectivity index (χ4n) is 1.34. The zero-order valence-electron chi connectivity index (χ0n) is 7.56. The van der Waals surface area contributed by atoms with Gasteiger partial charge in [0.1, 0.15) is 5.56 Å². The third-order valence-electron chi connectivity index (χ3n) is 2.03. The molecule has 2 heterocycles. The molecule has 2 aromatic rings. The number of aromatic carboxylic acids is 1. The number of fused-ring (bicyclic) bond motifs is 1. The number of carbonyl (C=O) groups is 1. The lowest BCUT2D eigenvalue weighted by atomic mass is 10.2. The monoisotopic (exact) mass is 191 g/mol. The molecule has 0 aliphatic rings. The predicted molar refractivity (Wildman–Crippen MR) is 51.7 cm³/mol. The first-order chi connectivity index (χ1) is 6.72. The van der Waals surface area contributed by atoms with Crippen molar-refractivity contribution in [2.75, 3.05) is 12.4 Å². The highest BCUT2D eigenvalue weighted by atomic mass is 16.4. The van der Waals surface area contributed by atoms with E-state index in [1.807, 2.05) is 6.07 Å². The summed E-state index contributed by atoms with van der Waals surface area (Å²) in [7, 11) is 1.69. The van der Waals surface area contributed by atoms with Crippen LogP contribution >= 0.6 is 0 Å². The quantitative estimate of drug-likeness (QED) is 0.745. The molecule has 0 radical (unpaired) electrons. The van der Waals surface area contributed by atoms with Gasteiger partial charge in [0.05, 0.1) is 11.2 Å². The molecule has 0 aliphatic heterocycles. The zero-order chi connectivity index (χ0) is 10.1. The van der Waals surface area contributed by atoms with Gasteiger partial charge in [0.2, 0.25) is 0 Å². The van der Waals surface area contributed by atoms with Crippen molar-refractivity contribution in [2.45, 2.75) is 0 Å². The Bertz CT molecular complexity index is 490. The maximum atomic E-state index is 10.9. The van der Waals surface area contributed by atoms with Crippen molar-refractivity contribution in [2.24, 2.45) is 0 Å². The SMILES string of the molecule is CNc1cc2ccnn2cc1C(=O)O. The van der Waals surface area contributed by atoms with Crippen LogP contribution in [-0.4, -0.2) is 27.7 Å². The molecule has 14 heavy (non-hydrogen) atoms. The van der Waals surface area contributed by atoms with Crippen LogP contribution in [0.25, 0.3) is 5.52 Å². The molecule has 72 valence electrons. The number of aromatic nitrogens is 2. The minimum atomic E-state index is -0.966. The molecule has 2 aromatic heterocycles. The topological polar surface area (TPSA) is 66.6 Å². The standard InChI is InChI=1S/C9H9N3O2/c1-10-8-4-6-2-3-11-12(6)5-7(8)9(13)14/h2-5,10H,1H3,(H,13,14). The average molecular weight is 191 g/mol. The summed E-state index contributed by atoms with van der Waals surface area (Å²) < 4.78 is 1.53. The summed E-state index contributed by atoms with van der Waals surface area (Å²) in [6.45, 7) is 0. The Morgan fingerprint density at radius 2 is 2.43 bits per heavy atom. The van der Waals surface area contributed by atoms with E-state index < -0.39 is 5.97 Å². The molecule has 0 amide bonds. The molecule has 5 nitrogen and oxygen atoms in total. The second kappa shape index (κ2) is 3.02. The van der Waals surface area contributed by atoms with Crippen LogP contribution in [0.5, 0.6) is 0 Å². The van der Waals surface area contributed by atoms with Crippen LogP contribution in [0.3, 0.4) is 0 Å². The summed E-state index contributed by atoms with van der Waals surface area (Å²) in [6.07, 6.45) is 3.11. The van der Waals surface area contributed by atoms with Crippen molar-refractivity contribution < 1.29 is 9.90 Å². The Balaban J connectivity index is 2.72. The van der Waals surface area contributed by atoms with Crippen molar-refractivity contribution in [3.05, 3.63) is 30.1 Å². The van der Waals surface area contributed by atoms with Gasteiger partial charge in [-0.05, 0) is 12.1 Å². The summed E-state index contributed by atoms with van der Waals surface area (Å²) in [6, 6.07) is 3.56. The number of rotatable bonds is 2. The van der Waals surface area contributed by atoms with Crippen molar-refractivity contribution in [1.29, 1.82) is 0 Å². The van der Waals surface area contributed by atoms with Crippen molar-refractivity contribution in [3.8, 4) is 0 Å². The van der Waals surface area contributed by atoms with E-state index in [0.29, 0.717) is 5.69 Å². The van der Waals surface area contributed by atoms with Crippen LogP contribution in [0.4, 0.5) is 5.69 Å². The minimum absolute atomic E-state index is 0.212. The van der Waals surface area contributed by atoms with Gasteiger partial charge in [-0.15, -0.1) is 0 Å². The fourth-order valence-corrected chi connectivity index (χ4v) is 1.34. The first-order valence-electron chi connectivity index (χ1n) is 4.11. The molecular formula is C9H9N3O2. The minimum Gasteiger partial charge on any atom is -0.478 e. The third-order valence-corrected chi connectivity index (χ3v) is 2.03. The molecule has 5 heteroatoms. The van der Waals surface area contributed by atoms with E-state index in [1.54, 1.807) is 19.3 Å². The van der Waals surface area contributed by atoms with E-state index in [0.717, 1.165) is 5.52 Å². The highest BCUT2D eigenvalue weighted by Gasteiger charge is 2.10. The third kappa shape index (κ3) is 1.19. The first-order valence-corrected chi connectivity index (χ1v) is 4.11. The molecule has 0 unspecified atom stereocenters. The molecule has 0 fully saturated rings. The van der Waals surface area contributed by atoms with E-state index in [1.165, 1.54) is 10.7 Å². The van der Waals surface area contributed by atoms with Gasteiger partial charge in [0, 0.05) is 19.4 Å². The molecule has 0 spiro atoms. The largest absolute Gasteiger partial charge is 0.478 e. The van der Waals surface area contributed by atoms with Crippen molar-refractivity contribution >= 4 is 17.2 Å². The van der Waals surface area contributed by atoms with Crippen LogP contribution in [0.2, 0.25) is 0 Å². The zero-order valence-corrected chi connectivity index (χ0v) is 7.56. The molecule has 0 bridgehead atoms. The number of hydrogen-bond donors (Lipinski definition) is 2. The van der Waals surface area contributed by atoms with Crippen LogP contribution in [0.15, 0.2) is 24.5 Å². The van der Waals surface area contributed by atoms with Crippen LogP contribution in [-0.2, 0) is 0 Å². The van der Waals surface area contributed by atoms with Crippen molar-refractivity contribution in [1.82, 2.24) is 9.61 Å². The molecule has 0 saturated heterocycles. The summed E-state index contributed by atoms with van der Waals surface area (Å²) in [4.78, 5) is 10.9. The van der Waals surface area contributed by atoms with Gasteiger partial charge in [-0.2, -0.15) is 5.10 Å². The molecule has 0 atom stereocenters. The molecule has 2 N–H and O–H groups in total. The van der Waals surface area contributed by atoms with E-state index in [-0.39, 0.29) is 5.56 Å². The number of hydrogen-bond acceptors (Lipinski definition) is 3. The highest BCUT2D eigenvalue weighted by molar-refractivity contribution is 5.94. The van der Waals surface area contributed by atoms with E-state index in [2.05, 4.69) is 10.4 Å². The number of nitrogens with one attached hydrogen (secondary N) is 1. The number of anilines is 1. The maximum Gasteiger partial charge on any atom is 0.339 e. The normalized spacial score (nSPS) is 10.4. The van der Waals surface area contributed by atoms with Gasteiger partial charge >= 0.3 is 5.97 Å². The van der Waals surface area contributed by atoms with Gasteiger partial charge in [-0.25, -0.2) is 9.31 Å². The Morgan fingerprint density at radius 3 is 3.07 bits per heavy atom. The number of nitrogens with zero attached hydrogens (tertiary/aromatic N) is 2. The second-order valence-electron chi connectivity index (χ2n) is 2.86. The number of pyridine rings is 1. The van der Waals surface area contributed by atoms with E-state index in [4.69, 9.17) is 5.11 Å². The Hall–Kier alpha value is -2.04. The lowest BCUT2D eigenvalue weighted by Crippen LogP contribution is -2.05. The lowest BCUT2D eigenvalue weighted by molar-refractivity contribution is 0.0697. The number of carboxylic acid groups (broad SMARTS) is 1. The van der Waals surface area contributed by atoms with Gasteiger partial charge in [-0.1, -0.05) is 0 Å². The first kappa shape index (κ1) is 8.55. The summed E-state index contributed by atoms with van der Waals surface area (Å²) >= 11 is 0. The summed E-state index contributed by atoms with van der Waals surface area (Å²) in [5.41, 5.74) is 1.66. The van der Waals surface area contributed by atoms with Crippen LogP contribution in [0.1, 0.15) is 10.4 Å². The lowest BCUT2D eigenvalue weighted by Gasteiger charge is -2.05. The van der Waals surface area contributed by atoms with Crippen LogP contribution < -0.4 is 5.32 Å². The maximum absolute atomic E-state index is 10.9. The number of carboxylic acids is 1. The summed E-state index contributed by atoms with van der Waals surface area (Å²) in [5, 5.41) is 15.7. The Kier molecular flexibility index (Phi) is 1.85. The van der Waals surface area contributed by atoms with Crippen molar-refractivity contribution in [3.63, 3.8) is 0 Å². The fraction of sp³-hybridized carbons (Fsp3) is 0.111. The molecule has 0 aliphatic carbocycles. The molecule has 0 saturated carbocycles. The van der Waals surface area contributed by atoms with E-state index in [9.17, 15) is 4.79 Å². The van der Waals surface area contributed by atoms with E-state index >= 15 is 0 Å². The highest BCUT2D eigenvalue weighted by Crippen LogP contribution is 2.17. The summed E-state index contributed by atoms with van der Waals surface area (Å²) in [5.74, 6) is -0.966. The molecular weight excluding hydrogens is 182 g/mol. The molecule has 2 rings (SSSR count). The Labute approximate surface area is 80.0 Å².